The van der Waals surface area contributed by atoms with Crippen molar-refractivity contribution in [2.75, 3.05) is 6.54 Å². The summed E-state index contributed by atoms with van der Waals surface area (Å²) in [6.07, 6.45) is 5.98. The quantitative estimate of drug-likeness (QED) is 0.657. The van der Waals surface area contributed by atoms with Crippen molar-refractivity contribution in [3.05, 3.63) is 30.2 Å². The summed E-state index contributed by atoms with van der Waals surface area (Å²) in [6.45, 7) is 0.583. The smallest absolute Gasteiger partial charge is 0.170 e. The van der Waals surface area contributed by atoms with E-state index >= 15 is 0 Å². The zero-order chi connectivity index (χ0) is 9.80. The van der Waals surface area contributed by atoms with Gasteiger partial charge in [-0.1, -0.05) is 11.8 Å². The van der Waals surface area contributed by atoms with Gasteiger partial charge in [-0.25, -0.2) is 9.50 Å². The van der Waals surface area contributed by atoms with E-state index in [-0.39, 0.29) is 0 Å². The van der Waals surface area contributed by atoms with Crippen LogP contribution in [-0.4, -0.2) is 21.1 Å². The molecule has 4 heteroatoms. The molecule has 0 aromatic carbocycles. The van der Waals surface area contributed by atoms with Gasteiger partial charge in [0.2, 0.25) is 0 Å². The standard InChI is InChI=1S/C10H10N4/c11-5-2-1-4-9-8-13-14-7-3-6-12-10(9)14/h3,6-8H,2,5,11H2. The lowest BCUT2D eigenvalue weighted by Crippen LogP contribution is -1.95. The lowest BCUT2D eigenvalue weighted by atomic mass is 10.3. The summed E-state index contributed by atoms with van der Waals surface area (Å²) in [5, 5.41) is 4.12. The molecule has 2 aromatic heterocycles. The molecule has 70 valence electrons. The molecule has 0 saturated carbocycles. The van der Waals surface area contributed by atoms with Crippen LogP contribution in [-0.2, 0) is 0 Å². The van der Waals surface area contributed by atoms with Crippen molar-refractivity contribution in [1.82, 2.24) is 14.6 Å². The van der Waals surface area contributed by atoms with E-state index in [1.165, 1.54) is 0 Å². The van der Waals surface area contributed by atoms with Crippen LogP contribution >= 0.6 is 0 Å². The minimum atomic E-state index is 0.583. The zero-order valence-electron chi connectivity index (χ0n) is 7.64. The first kappa shape index (κ1) is 8.73. The fourth-order valence-electron chi connectivity index (χ4n) is 1.15. The van der Waals surface area contributed by atoms with Crippen molar-refractivity contribution in [1.29, 1.82) is 0 Å². The van der Waals surface area contributed by atoms with Gasteiger partial charge in [0.15, 0.2) is 5.65 Å². The molecule has 0 saturated heterocycles. The van der Waals surface area contributed by atoms with Gasteiger partial charge in [-0.15, -0.1) is 0 Å². The predicted molar refractivity (Wildman–Crippen MR) is 53.5 cm³/mol. The maximum atomic E-state index is 5.34. The van der Waals surface area contributed by atoms with Crippen molar-refractivity contribution in [2.24, 2.45) is 5.73 Å². The van der Waals surface area contributed by atoms with E-state index in [2.05, 4.69) is 21.9 Å². The zero-order valence-corrected chi connectivity index (χ0v) is 7.64. The highest BCUT2D eigenvalue weighted by molar-refractivity contribution is 5.55. The molecule has 0 aliphatic heterocycles. The average Bonchev–Trinajstić information content (AvgIpc) is 2.63. The van der Waals surface area contributed by atoms with Gasteiger partial charge in [0.05, 0.1) is 11.8 Å². The molecule has 0 spiro atoms. The summed E-state index contributed by atoms with van der Waals surface area (Å²) in [5.74, 6) is 5.95. The second-order valence-electron chi connectivity index (χ2n) is 2.79. The maximum Gasteiger partial charge on any atom is 0.170 e. The van der Waals surface area contributed by atoms with Crippen LogP contribution in [0, 0.1) is 11.8 Å². The summed E-state index contributed by atoms with van der Waals surface area (Å²) in [7, 11) is 0. The number of aromatic nitrogens is 3. The molecule has 0 aliphatic rings. The number of rotatable bonds is 1. The van der Waals surface area contributed by atoms with Crippen LogP contribution in [0.3, 0.4) is 0 Å². The van der Waals surface area contributed by atoms with Crippen molar-refractivity contribution in [2.45, 2.75) is 6.42 Å². The third-order valence-corrected chi connectivity index (χ3v) is 1.77. The van der Waals surface area contributed by atoms with E-state index in [0.717, 1.165) is 11.2 Å². The van der Waals surface area contributed by atoms with E-state index in [0.29, 0.717) is 13.0 Å². The SMILES string of the molecule is NCCC#Cc1cnn2cccnc12. The molecule has 0 radical (unpaired) electrons. The third-order valence-electron chi connectivity index (χ3n) is 1.77. The molecule has 0 atom stereocenters. The normalized spacial score (nSPS) is 9.79. The summed E-state index contributed by atoms with van der Waals surface area (Å²) in [6, 6.07) is 1.83. The molecule has 0 fully saturated rings. The van der Waals surface area contributed by atoms with Gasteiger partial charge in [0, 0.05) is 25.4 Å². The van der Waals surface area contributed by atoms with Gasteiger partial charge in [-0.3, -0.25) is 0 Å². The molecule has 4 nitrogen and oxygen atoms in total. The van der Waals surface area contributed by atoms with Crippen molar-refractivity contribution < 1.29 is 0 Å². The lowest BCUT2D eigenvalue weighted by Gasteiger charge is -1.88. The van der Waals surface area contributed by atoms with Crippen LogP contribution in [0.15, 0.2) is 24.7 Å². The second kappa shape index (κ2) is 3.90. The second-order valence-corrected chi connectivity index (χ2v) is 2.79. The van der Waals surface area contributed by atoms with Gasteiger partial charge in [0.1, 0.15) is 0 Å². The predicted octanol–water partition coefficient (Wildman–Crippen LogP) is 0.430. The van der Waals surface area contributed by atoms with E-state index in [1.54, 1.807) is 16.9 Å². The number of fused-ring (bicyclic) bond motifs is 1. The van der Waals surface area contributed by atoms with Crippen molar-refractivity contribution >= 4 is 5.65 Å². The first-order valence-corrected chi connectivity index (χ1v) is 4.39. The van der Waals surface area contributed by atoms with Crippen LogP contribution in [0.25, 0.3) is 5.65 Å². The number of hydrogen-bond donors (Lipinski definition) is 1. The number of nitrogens with zero attached hydrogens (tertiary/aromatic N) is 3. The van der Waals surface area contributed by atoms with Gasteiger partial charge in [-0.05, 0) is 6.07 Å². The van der Waals surface area contributed by atoms with Crippen molar-refractivity contribution in [3.8, 4) is 11.8 Å². The van der Waals surface area contributed by atoms with Gasteiger partial charge in [-0.2, -0.15) is 5.10 Å². The van der Waals surface area contributed by atoms with E-state index < -0.39 is 0 Å². The Kier molecular flexibility index (Phi) is 2.43. The fourth-order valence-corrected chi connectivity index (χ4v) is 1.15. The highest BCUT2D eigenvalue weighted by Crippen LogP contribution is 2.04. The molecular weight excluding hydrogens is 176 g/mol. The van der Waals surface area contributed by atoms with Gasteiger partial charge >= 0.3 is 0 Å². The summed E-state index contributed by atoms with van der Waals surface area (Å²) in [4.78, 5) is 4.19. The molecule has 2 rings (SSSR count). The Morgan fingerprint density at radius 3 is 3.29 bits per heavy atom. The van der Waals surface area contributed by atoms with Crippen LogP contribution in [0.4, 0.5) is 0 Å². The monoisotopic (exact) mass is 186 g/mol. The number of nitrogens with two attached hydrogens (primary N) is 1. The molecule has 0 aliphatic carbocycles. The van der Waals surface area contributed by atoms with Crippen LogP contribution < -0.4 is 5.73 Å². The van der Waals surface area contributed by atoms with Crippen LogP contribution in [0.1, 0.15) is 12.0 Å². The van der Waals surface area contributed by atoms with Crippen molar-refractivity contribution in [3.63, 3.8) is 0 Å². The first-order valence-electron chi connectivity index (χ1n) is 4.39. The molecule has 2 heterocycles. The van der Waals surface area contributed by atoms with E-state index in [4.69, 9.17) is 5.73 Å². The summed E-state index contributed by atoms with van der Waals surface area (Å²) in [5.41, 5.74) is 6.98. The lowest BCUT2D eigenvalue weighted by molar-refractivity contribution is 0.939. The molecule has 2 N–H and O–H groups in total. The summed E-state index contributed by atoms with van der Waals surface area (Å²) < 4.78 is 1.70. The molecule has 0 unspecified atom stereocenters. The Bertz CT molecular complexity index is 489. The Morgan fingerprint density at radius 2 is 2.43 bits per heavy atom. The Morgan fingerprint density at radius 1 is 1.50 bits per heavy atom. The molecule has 14 heavy (non-hydrogen) atoms. The summed E-state index contributed by atoms with van der Waals surface area (Å²) >= 11 is 0. The molecular formula is C10H10N4. The Hall–Kier alpha value is -1.86. The topological polar surface area (TPSA) is 56.2 Å². The van der Waals surface area contributed by atoms with Crippen LogP contribution in [0.5, 0.6) is 0 Å². The van der Waals surface area contributed by atoms with Gasteiger partial charge in [0.25, 0.3) is 0 Å². The minimum absolute atomic E-state index is 0.583. The maximum absolute atomic E-state index is 5.34. The highest BCUT2D eigenvalue weighted by Gasteiger charge is 1.99. The third kappa shape index (κ3) is 1.58. The van der Waals surface area contributed by atoms with Crippen LogP contribution in [0.2, 0.25) is 0 Å². The highest BCUT2D eigenvalue weighted by atomic mass is 15.2. The van der Waals surface area contributed by atoms with E-state index in [9.17, 15) is 0 Å². The fraction of sp³-hybridized carbons (Fsp3) is 0.200. The Labute approximate surface area is 81.8 Å². The van der Waals surface area contributed by atoms with E-state index in [1.807, 2.05) is 12.3 Å². The molecule has 0 amide bonds. The minimum Gasteiger partial charge on any atom is -0.330 e. The molecule has 2 aromatic rings. The molecule has 0 bridgehead atoms. The van der Waals surface area contributed by atoms with Gasteiger partial charge < -0.3 is 5.73 Å². The largest absolute Gasteiger partial charge is 0.330 e. The Balaban J connectivity index is 2.40. The average molecular weight is 186 g/mol. The first-order chi connectivity index (χ1) is 6.92. The number of hydrogen-bond acceptors (Lipinski definition) is 3.